The van der Waals surface area contributed by atoms with E-state index in [0.29, 0.717) is 17.3 Å². The summed E-state index contributed by atoms with van der Waals surface area (Å²) in [5.41, 5.74) is 6.29. The molecule has 1 aromatic carbocycles. The molecular weight excluding hydrogens is 194 g/mol. The second-order valence-electron chi connectivity index (χ2n) is 3.30. The molecule has 0 spiro atoms. The third kappa shape index (κ3) is 1.97. The molecule has 78 valence electrons. The van der Waals surface area contributed by atoms with Gasteiger partial charge in [0.15, 0.2) is 0 Å². The fourth-order valence-electron chi connectivity index (χ4n) is 1.18. The van der Waals surface area contributed by atoms with Crippen molar-refractivity contribution in [3.63, 3.8) is 0 Å². The van der Waals surface area contributed by atoms with Crippen LogP contribution in [0.3, 0.4) is 0 Å². The van der Waals surface area contributed by atoms with Gasteiger partial charge in [-0.05, 0) is 19.1 Å². The highest BCUT2D eigenvalue weighted by molar-refractivity contribution is 5.56. The molecule has 0 aliphatic heterocycles. The monoisotopic (exact) mass is 205 g/mol. The van der Waals surface area contributed by atoms with Gasteiger partial charge in [0.1, 0.15) is 5.75 Å². The standard InChI is InChI=1S/C10H11N3O2/c1-6(11)10-12-9(13-15-10)7-3-2-4-8(14)5-7/h2-6,14H,11H2,1H3/t6-/m1/s1. The highest BCUT2D eigenvalue weighted by atomic mass is 16.5. The number of nitrogens with zero attached hydrogens (tertiary/aromatic N) is 2. The van der Waals surface area contributed by atoms with E-state index >= 15 is 0 Å². The van der Waals surface area contributed by atoms with Gasteiger partial charge in [0, 0.05) is 5.56 Å². The van der Waals surface area contributed by atoms with Crippen LogP contribution in [0.1, 0.15) is 18.9 Å². The van der Waals surface area contributed by atoms with Crippen molar-refractivity contribution in [3.8, 4) is 17.1 Å². The zero-order chi connectivity index (χ0) is 10.8. The van der Waals surface area contributed by atoms with E-state index in [2.05, 4.69) is 10.1 Å². The Balaban J connectivity index is 2.37. The molecule has 0 saturated carbocycles. The van der Waals surface area contributed by atoms with Crippen LogP contribution in [0.2, 0.25) is 0 Å². The van der Waals surface area contributed by atoms with Crippen LogP contribution >= 0.6 is 0 Å². The molecule has 2 rings (SSSR count). The van der Waals surface area contributed by atoms with Crippen LogP contribution in [0.25, 0.3) is 11.4 Å². The van der Waals surface area contributed by atoms with E-state index in [1.807, 2.05) is 0 Å². The highest BCUT2D eigenvalue weighted by Gasteiger charge is 2.11. The summed E-state index contributed by atoms with van der Waals surface area (Å²) in [7, 11) is 0. The zero-order valence-electron chi connectivity index (χ0n) is 8.21. The molecule has 0 unspecified atom stereocenters. The van der Waals surface area contributed by atoms with Gasteiger partial charge in [-0.25, -0.2) is 0 Å². The molecule has 2 aromatic rings. The van der Waals surface area contributed by atoms with Gasteiger partial charge in [0.25, 0.3) is 0 Å². The summed E-state index contributed by atoms with van der Waals surface area (Å²) in [4.78, 5) is 4.11. The number of phenolic OH excluding ortho intramolecular Hbond substituents is 1. The van der Waals surface area contributed by atoms with Gasteiger partial charge >= 0.3 is 0 Å². The van der Waals surface area contributed by atoms with Crippen molar-refractivity contribution in [2.75, 3.05) is 0 Å². The Bertz CT molecular complexity index is 465. The van der Waals surface area contributed by atoms with E-state index in [0.717, 1.165) is 0 Å². The molecule has 0 saturated heterocycles. The van der Waals surface area contributed by atoms with Crippen LogP contribution in [0.5, 0.6) is 5.75 Å². The van der Waals surface area contributed by atoms with E-state index in [1.165, 1.54) is 0 Å². The molecule has 3 N–H and O–H groups in total. The average Bonchev–Trinajstić information content (AvgIpc) is 2.66. The normalized spacial score (nSPS) is 12.7. The van der Waals surface area contributed by atoms with Gasteiger partial charge in [-0.15, -0.1) is 0 Å². The van der Waals surface area contributed by atoms with Gasteiger partial charge in [0.05, 0.1) is 6.04 Å². The van der Waals surface area contributed by atoms with E-state index in [-0.39, 0.29) is 11.8 Å². The number of aromatic nitrogens is 2. The Morgan fingerprint density at radius 3 is 2.87 bits per heavy atom. The smallest absolute Gasteiger partial charge is 0.243 e. The molecule has 1 aromatic heterocycles. The molecule has 0 aliphatic rings. The lowest BCUT2D eigenvalue weighted by Gasteiger charge is -1.95. The summed E-state index contributed by atoms with van der Waals surface area (Å²) in [6.07, 6.45) is 0. The summed E-state index contributed by atoms with van der Waals surface area (Å²) in [5.74, 6) is 0.978. The van der Waals surface area contributed by atoms with E-state index in [4.69, 9.17) is 10.3 Å². The second kappa shape index (κ2) is 3.70. The van der Waals surface area contributed by atoms with Crippen molar-refractivity contribution in [3.05, 3.63) is 30.2 Å². The maximum Gasteiger partial charge on any atom is 0.243 e. The molecule has 5 heteroatoms. The number of benzene rings is 1. The lowest BCUT2D eigenvalue weighted by atomic mass is 10.2. The molecule has 0 fully saturated rings. The second-order valence-corrected chi connectivity index (χ2v) is 3.30. The van der Waals surface area contributed by atoms with Crippen LogP contribution in [0, 0.1) is 0 Å². The van der Waals surface area contributed by atoms with Crippen molar-refractivity contribution in [1.82, 2.24) is 10.1 Å². The van der Waals surface area contributed by atoms with Gasteiger partial charge in [-0.3, -0.25) is 0 Å². The highest BCUT2D eigenvalue weighted by Crippen LogP contribution is 2.21. The lowest BCUT2D eigenvalue weighted by Crippen LogP contribution is -2.04. The quantitative estimate of drug-likeness (QED) is 0.775. The summed E-state index contributed by atoms with van der Waals surface area (Å²) in [6, 6.07) is 6.36. The predicted octanol–water partition coefficient (Wildman–Crippen LogP) is 1.46. The largest absolute Gasteiger partial charge is 0.508 e. The first-order valence-electron chi connectivity index (χ1n) is 4.55. The van der Waals surface area contributed by atoms with Crippen LogP contribution < -0.4 is 5.73 Å². The summed E-state index contributed by atoms with van der Waals surface area (Å²) < 4.78 is 4.95. The van der Waals surface area contributed by atoms with Crippen molar-refractivity contribution < 1.29 is 9.63 Å². The number of phenols is 1. The Kier molecular flexibility index (Phi) is 2.39. The SMILES string of the molecule is C[C@@H](N)c1nc(-c2cccc(O)c2)no1. The fourth-order valence-corrected chi connectivity index (χ4v) is 1.18. The first kappa shape index (κ1) is 9.67. The number of aromatic hydroxyl groups is 1. The average molecular weight is 205 g/mol. The molecule has 0 bridgehead atoms. The Morgan fingerprint density at radius 2 is 2.27 bits per heavy atom. The maximum atomic E-state index is 9.28. The van der Waals surface area contributed by atoms with Crippen molar-refractivity contribution in [1.29, 1.82) is 0 Å². The van der Waals surface area contributed by atoms with Gasteiger partial charge in [0.2, 0.25) is 11.7 Å². The molecule has 0 amide bonds. The Morgan fingerprint density at radius 1 is 1.47 bits per heavy atom. The molecular formula is C10H11N3O2. The first-order valence-corrected chi connectivity index (χ1v) is 4.55. The maximum absolute atomic E-state index is 9.28. The molecule has 0 radical (unpaired) electrons. The number of nitrogens with two attached hydrogens (primary N) is 1. The zero-order valence-corrected chi connectivity index (χ0v) is 8.21. The minimum Gasteiger partial charge on any atom is -0.508 e. The van der Waals surface area contributed by atoms with Crippen molar-refractivity contribution in [2.24, 2.45) is 5.73 Å². The third-order valence-electron chi connectivity index (χ3n) is 1.94. The van der Waals surface area contributed by atoms with Crippen LogP contribution in [0.15, 0.2) is 28.8 Å². The van der Waals surface area contributed by atoms with Crippen LogP contribution in [0.4, 0.5) is 0 Å². The summed E-state index contributed by atoms with van der Waals surface area (Å²) in [5, 5.41) is 13.1. The first-order chi connectivity index (χ1) is 7.16. The number of hydrogen-bond acceptors (Lipinski definition) is 5. The Hall–Kier alpha value is -1.88. The van der Waals surface area contributed by atoms with Crippen molar-refractivity contribution >= 4 is 0 Å². The topological polar surface area (TPSA) is 85.2 Å². The molecule has 0 aliphatic carbocycles. The van der Waals surface area contributed by atoms with Crippen molar-refractivity contribution in [2.45, 2.75) is 13.0 Å². The summed E-state index contributed by atoms with van der Waals surface area (Å²) >= 11 is 0. The minimum absolute atomic E-state index is 0.166. The third-order valence-corrected chi connectivity index (χ3v) is 1.94. The predicted molar refractivity (Wildman–Crippen MR) is 54.0 cm³/mol. The molecule has 1 heterocycles. The van der Waals surface area contributed by atoms with Gasteiger partial charge in [-0.1, -0.05) is 17.3 Å². The Labute approximate surface area is 86.5 Å². The van der Waals surface area contributed by atoms with E-state index in [9.17, 15) is 5.11 Å². The molecule has 15 heavy (non-hydrogen) atoms. The number of rotatable bonds is 2. The summed E-state index contributed by atoms with van der Waals surface area (Å²) in [6.45, 7) is 1.76. The lowest BCUT2D eigenvalue weighted by molar-refractivity contribution is 0.362. The van der Waals surface area contributed by atoms with E-state index in [1.54, 1.807) is 31.2 Å². The number of hydrogen-bond donors (Lipinski definition) is 2. The van der Waals surface area contributed by atoms with Gasteiger partial charge in [-0.2, -0.15) is 4.98 Å². The fraction of sp³-hybridized carbons (Fsp3) is 0.200. The van der Waals surface area contributed by atoms with E-state index < -0.39 is 0 Å². The van der Waals surface area contributed by atoms with Crippen LogP contribution in [-0.4, -0.2) is 15.2 Å². The van der Waals surface area contributed by atoms with Crippen LogP contribution in [-0.2, 0) is 0 Å². The minimum atomic E-state index is -0.288. The van der Waals surface area contributed by atoms with Gasteiger partial charge < -0.3 is 15.4 Å². The molecule has 1 atom stereocenters. The molecule has 5 nitrogen and oxygen atoms in total.